The summed E-state index contributed by atoms with van der Waals surface area (Å²) in [6.07, 6.45) is 0. The zero-order valence-corrected chi connectivity index (χ0v) is 10.5. The average molecular weight is 250 g/mol. The van der Waals surface area contributed by atoms with Gasteiger partial charge in [-0.25, -0.2) is 9.59 Å². The van der Waals surface area contributed by atoms with Gasteiger partial charge in [0.2, 0.25) is 0 Å². The molecule has 2 amide bonds. The number of amides is 2. The van der Waals surface area contributed by atoms with E-state index in [1.807, 2.05) is 13.8 Å². The molecule has 1 aromatic rings. The third-order valence-electron chi connectivity index (χ3n) is 2.33. The van der Waals surface area contributed by atoms with Crippen LogP contribution in [0.2, 0.25) is 0 Å². The highest BCUT2D eigenvalue weighted by Crippen LogP contribution is 2.12. The third-order valence-corrected chi connectivity index (χ3v) is 2.33. The summed E-state index contributed by atoms with van der Waals surface area (Å²) in [5, 5.41) is 14.2. The zero-order chi connectivity index (χ0) is 13.5. The molecule has 0 bridgehead atoms. The molecule has 1 rings (SSSR count). The molecule has 0 aliphatic heterocycles. The quantitative estimate of drug-likeness (QED) is 0.745. The molecule has 0 fully saturated rings. The van der Waals surface area contributed by atoms with Gasteiger partial charge in [0.15, 0.2) is 6.04 Å². The van der Waals surface area contributed by atoms with Crippen LogP contribution in [0.4, 0.5) is 4.79 Å². The molecule has 0 heterocycles. The van der Waals surface area contributed by atoms with E-state index in [1.54, 1.807) is 30.3 Å². The number of aliphatic carboxylic acids is 1. The molecule has 3 N–H and O–H groups in total. The van der Waals surface area contributed by atoms with Gasteiger partial charge >= 0.3 is 12.0 Å². The lowest BCUT2D eigenvalue weighted by Gasteiger charge is -2.16. The molecule has 1 atom stereocenters. The first-order valence-electron chi connectivity index (χ1n) is 5.83. The van der Waals surface area contributed by atoms with Gasteiger partial charge in [0.1, 0.15) is 0 Å². The van der Waals surface area contributed by atoms with Crippen LogP contribution in [-0.4, -0.2) is 23.7 Å². The minimum atomic E-state index is -1.08. The number of carbonyl (C=O) groups is 2. The number of urea groups is 1. The summed E-state index contributed by atoms with van der Waals surface area (Å²) in [5.41, 5.74) is 0.546. The first-order chi connectivity index (χ1) is 8.50. The number of carbonyl (C=O) groups excluding carboxylic acids is 1. The number of benzene rings is 1. The fourth-order valence-electron chi connectivity index (χ4n) is 1.41. The van der Waals surface area contributed by atoms with Crippen molar-refractivity contribution < 1.29 is 14.7 Å². The summed E-state index contributed by atoms with van der Waals surface area (Å²) in [4.78, 5) is 22.7. The average Bonchev–Trinajstić information content (AvgIpc) is 2.34. The Morgan fingerprint density at radius 2 is 1.83 bits per heavy atom. The Morgan fingerprint density at radius 1 is 1.22 bits per heavy atom. The van der Waals surface area contributed by atoms with Crippen LogP contribution in [0.1, 0.15) is 25.5 Å². The SMILES string of the molecule is CC(C)CNC(=O)N[C@H](C(=O)O)c1ccccc1. The Hall–Kier alpha value is -2.04. The summed E-state index contributed by atoms with van der Waals surface area (Å²) in [7, 11) is 0. The number of nitrogens with one attached hydrogen (secondary N) is 2. The highest BCUT2D eigenvalue weighted by Gasteiger charge is 2.21. The molecule has 0 radical (unpaired) electrons. The van der Waals surface area contributed by atoms with Crippen LogP contribution < -0.4 is 10.6 Å². The highest BCUT2D eigenvalue weighted by molar-refractivity contribution is 5.83. The van der Waals surface area contributed by atoms with Crippen molar-refractivity contribution in [2.24, 2.45) is 5.92 Å². The maximum absolute atomic E-state index is 11.6. The molecule has 5 heteroatoms. The van der Waals surface area contributed by atoms with Gasteiger partial charge in [-0.05, 0) is 11.5 Å². The largest absolute Gasteiger partial charge is 0.479 e. The summed E-state index contributed by atoms with van der Waals surface area (Å²) >= 11 is 0. The van der Waals surface area contributed by atoms with Crippen LogP contribution >= 0.6 is 0 Å². The Morgan fingerprint density at radius 3 is 2.33 bits per heavy atom. The normalized spacial score (nSPS) is 11.9. The molecule has 0 spiro atoms. The van der Waals surface area contributed by atoms with Crippen molar-refractivity contribution in [2.45, 2.75) is 19.9 Å². The fourth-order valence-corrected chi connectivity index (χ4v) is 1.41. The van der Waals surface area contributed by atoms with Crippen LogP contribution in [-0.2, 0) is 4.79 Å². The summed E-state index contributed by atoms with van der Waals surface area (Å²) < 4.78 is 0. The topological polar surface area (TPSA) is 78.4 Å². The summed E-state index contributed by atoms with van der Waals surface area (Å²) in [6.45, 7) is 4.44. The second kappa shape index (κ2) is 6.64. The van der Waals surface area contributed by atoms with Crippen LogP contribution in [0.25, 0.3) is 0 Å². The maximum Gasteiger partial charge on any atom is 0.330 e. The van der Waals surface area contributed by atoms with Crippen molar-refractivity contribution >= 4 is 12.0 Å². The number of carboxylic acids is 1. The van der Waals surface area contributed by atoms with E-state index in [0.717, 1.165) is 0 Å². The second-order valence-electron chi connectivity index (χ2n) is 4.43. The lowest BCUT2D eigenvalue weighted by molar-refractivity contribution is -0.139. The molecule has 0 aliphatic rings. The van der Waals surface area contributed by atoms with Gasteiger partial charge in [-0.2, -0.15) is 0 Å². The molecule has 0 saturated heterocycles. The van der Waals surface area contributed by atoms with Gasteiger partial charge in [0.25, 0.3) is 0 Å². The van der Waals surface area contributed by atoms with Gasteiger partial charge < -0.3 is 15.7 Å². The highest BCUT2D eigenvalue weighted by atomic mass is 16.4. The summed E-state index contributed by atoms with van der Waals surface area (Å²) in [5.74, 6) is -0.767. The Bertz CT molecular complexity index is 404. The van der Waals surface area contributed by atoms with E-state index < -0.39 is 18.0 Å². The minimum absolute atomic E-state index is 0.316. The van der Waals surface area contributed by atoms with Gasteiger partial charge in [-0.1, -0.05) is 44.2 Å². The molecule has 0 saturated carbocycles. The molecule has 18 heavy (non-hydrogen) atoms. The second-order valence-corrected chi connectivity index (χ2v) is 4.43. The lowest BCUT2D eigenvalue weighted by Crippen LogP contribution is -2.42. The first-order valence-corrected chi connectivity index (χ1v) is 5.83. The van der Waals surface area contributed by atoms with E-state index in [4.69, 9.17) is 5.11 Å². The summed E-state index contributed by atoms with van der Waals surface area (Å²) in [6, 6.07) is 7.10. The standard InChI is InChI=1S/C13H18N2O3/c1-9(2)8-14-13(18)15-11(12(16)17)10-6-4-3-5-7-10/h3-7,9,11H,8H2,1-2H3,(H,16,17)(H2,14,15,18)/t11-/m0/s1. The zero-order valence-electron chi connectivity index (χ0n) is 10.5. The van der Waals surface area contributed by atoms with E-state index in [0.29, 0.717) is 18.0 Å². The van der Waals surface area contributed by atoms with E-state index in [-0.39, 0.29) is 0 Å². The van der Waals surface area contributed by atoms with Crippen LogP contribution in [0.5, 0.6) is 0 Å². The van der Waals surface area contributed by atoms with E-state index in [9.17, 15) is 9.59 Å². The van der Waals surface area contributed by atoms with E-state index in [2.05, 4.69) is 10.6 Å². The van der Waals surface area contributed by atoms with Gasteiger partial charge in [-0.3, -0.25) is 0 Å². The number of hydrogen-bond donors (Lipinski definition) is 3. The Kier molecular flexibility index (Phi) is 5.17. The van der Waals surface area contributed by atoms with Gasteiger partial charge in [-0.15, -0.1) is 0 Å². The first kappa shape index (κ1) is 14.0. The molecular formula is C13H18N2O3. The van der Waals surface area contributed by atoms with Crippen LogP contribution in [0, 0.1) is 5.92 Å². The van der Waals surface area contributed by atoms with Crippen molar-refractivity contribution in [2.75, 3.05) is 6.54 Å². The van der Waals surface area contributed by atoms with Crippen molar-refractivity contribution in [3.63, 3.8) is 0 Å². The van der Waals surface area contributed by atoms with Gasteiger partial charge in [0, 0.05) is 6.54 Å². The monoisotopic (exact) mass is 250 g/mol. The predicted octanol–water partition coefficient (Wildman–Crippen LogP) is 1.77. The van der Waals surface area contributed by atoms with Crippen LogP contribution in [0.3, 0.4) is 0 Å². The van der Waals surface area contributed by atoms with Crippen molar-refractivity contribution in [3.8, 4) is 0 Å². The van der Waals surface area contributed by atoms with Crippen molar-refractivity contribution in [1.29, 1.82) is 0 Å². The van der Waals surface area contributed by atoms with Crippen molar-refractivity contribution in [1.82, 2.24) is 10.6 Å². The molecule has 1 aromatic carbocycles. The molecule has 98 valence electrons. The fraction of sp³-hybridized carbons (Fsp3) is 0.385. The van der Waals surface area contributed by atoms with Crippen LogP contribution in [0.15, 0.2) is 30.3 Å². The Balaban J connectivity index is 2.65. The smallest absolute Gasteiger partial charge is 0.330 e. The molecule has 0 unspecified atom stereocenters. The Labute approximate surface area is 106 Å². The number of hydrogen-bond acceptors (Lipinski definition) is 2. The minimum Gasteiger partial charge on any atom is -0.479 e. The lowest BCUT2D eigenvalue weighted by atomic mass is 10.1. The molecule has 5 nitrogen and oxygen atoms in total. The molecule has 0 aliphatic carbocycles. The molecule has 0 aromatic heterocycles. The predicted molar refractivity (Wildman–Crippen MR) is 68.2 cm³/mol. The third kappa shape index (κ3) is 4.45. The molecular weight excluding hydrogens is 232 g/mol. The van der Waals surface area contributed by atoms with E-state index in [1.165, 1.54) is 0 Å². The number of carboxylic acid groups (broad SMARTS) is 1. The van der Waals surface area contributed by atoms with Crippen molar-refractivity contribution in [3.05, 3.63) is 35.9 Å². The van der Waals surface area contributed by atoms with Gasteiger partial charge in [0.05, 0.1) is 0 Å². The number of rotatable bonds is 5. The maximum atomic E-state index is 11.6. The van der Waals surface area contributed by atoms with E-state index >= 15 is 0 Å².